The lowest BCUT2D eigenvalue weighted by molar-refractivity contribution is 0.0243. The molecule has 0 bridgehead atoms. The number of likely N-dealkylation sites (N-methyl/N-ethyl adjacent to an activating group) is 2. The minimum absolute atomic E-state index is 0.348. The highest BCUT2D eigenvalue weighted by Gasteiger charge is 2.39. The summed E-state index contributed by atoms with van der Waals surface area (Å²) >= 11 is 0. The third kappa shape index (κ3) is 3.42. The van der Waals surface area contributed by atoms with Gasteiger partial charge in [-0.1, -0.05) is 0 Å². The standard InChI is InChI=1S/C12H27N3O/c1-14(2)12(6-4-7-12)10-15(3)8-5-11(16)9-13/h11,16H,4-10,13H2,1-3H3. The Labute approximate surface area is 99.4 Å². The van der Waals surface area contributed by atoms with Gasteiger partial charge in [0.25, 0.3) is 0 Å². The summed E-state index contributed by atoms with van der Waals surface area (Å²) in [4.78, 5) is 4.67. The molecule has 96 valence electrons. The predicted octanol–water partition coefficient (Wildman–Crippen LogP) is 0.112. The molecular weight excluding hydrogens is 202 g/mol. The molecule has 0 radical (unpaired) electrons. The van der Waals surface area contributed by atoms with E-state index in [-0.39, 0.29) is 6.10 Å². The molecule has 4 heteroatoms. The highest BCUT2D eigenvalue weighted by atomic mass is 16.3. The normalized spacial score (nSPS) is 21.2. The van der Waals surface area contributed by atoms with Gasteiger partial charge in [0, 0.05) is 25.2 Å². The van der Waals surface area contributed by atoms with E-state index in [0.29, 0.717) is 12.1 Å². The lowest BCUT2D eigenvalue weighted by Gasteiger charge is -2.49. The van der Waals surface area contributed by atoms with Gasteiger partial charge < -0.3 is 20.6 Å². The van der Waals surface area contributed by atoms with Gasteiger partial charge in [0.1, 0.15) is 0 Å². The van der Waals surface area contributed by atoms with Gasteiger partial charge in [-0.3, -0.25) is 0 Å². The minimum atomic E-state index is -0.348. The summed E-state index contributed by atoms with van der Waals surface area (Å²) in [5.41, 5.74) is 5.77. The van der Waals surface area contributed by atoms with Gasteiger partial charge in [0.15, 0.2) is 0 Å². The Morgan fingerprint density at radius 1 is 1.31 bits per heavy atom. The van der Waals surface area contributed by atoms with E-state index in [0.717, 1.165) is 19.5 Å². The summed E-state index contributed by atoms with van der Waals surface area (Å²) in [6, 6.07) is 0. The second-order valence-electron chi connectivity index (χ2n) is 5.39. The van der Waals surface area contributed by atoms with Crippen molar-refractivity contribution >= 4 is 0 Å². The highest BCUT2D eigenvalue weighted by molar-refractivity contribution is 4.97. The number of nitrogens with two attached hydrogens (primary N) is 1. The minimum Gasteiger partial charge on any atom is -0.392 e. The van der Waals surface area contributed by atoms with E-state index in [9.17, 15) is 5.11 Å². The topological polar surface area (TPSA) is 52.7 Å². The molecule has 0 heterocycles. The number of nitrogens with zero attached hydrogens (tertiary/aromatic N) is 2. The van der Waals surface area contributed by atoms with Gasteiger partial charge in [-0.25, -0.2) is 0 Å². The van der Waals surface area contributed by atoms with Gasteiger partial charge in [-0.15, -0.1) is 0 Å². The molecule has 0 saturated heterocycles. The van der Waals surface area contributed by atoms with Crippen molar-refractivity contribution in [2.45, 2.75) is 37.3 Å². The van der Waals surface area contributed by atoms with Crippen LogP contribution >= 0.6 is 0 Å². The van der Waals surface area contributed by atoms with Crippen LogP contribution in [0.15, 0.2) is 0 Å². The molecule has 1 aliphatic carbocycles. The Kier molecular flexibility index (Phi) is 5.18. The molecular formula is C12H27N3O. The Morgan fingerprint density at radius 3 is 2.31 bits per heavy atom. The van der Waals surface area contributed by atoms with Crippen molar-refractivity contribution in [2.24, 2.45) is 5.73 Å². The van der Waals surface area contributed by atoms with Crippen LogP contribution < -0.4 is 5.73 Å². The number of hydrogen-bond donors (Lipinski definition) is 2. The zero-order valence-corrected chi connectivity index (χ0v) is 10.9. The molecule has 1 rings (SSSR count). The van der Waals surface area contributed by atoms with Crippen molar-refractivity contribution in [3.63, 3.8) is 0 Å². The van der Waals surface area contributed by atoms with Crippen LogP contribution in [0.25, 0.3) is 0 Å². The van der Waals surface area contributed by atoms with E-state index in [1.165, 1.54) is 19.3 Å². The van der Waals surface area contributed by atoms with Gasteiger partial charge in [0.05, 0.1) is 6.10 Å². The lowest BCUT2D eigenvalue weighted by Crippen LogP contribution is -2.56. The van der Waals surface area contributed by atoms with E-state index in [1.807, 2.05) is 0 Å². The predicted molar refractivity (Wildman–Crippen MR) is 67.4 cm³/mol. The maximum Gasteiger partial charge on any atom is 0.0674 e. The molecule has 16 heavy (non-hydrogen) atoms. The SMILES string of the molecule is CN(CCC(O)CN)CC1(N(C)C)CCC1. The number of rotatable bonds is 7. The van der Waals surface area contributed by atoms with Crippen molar-refractivity contribution in [1.82, 2.24) is 9.80 Å². The Balaban J connectivity index is 2.30. The average Bonchev–Trinajstić information content (AvgIpc) is 2.19. The number of hydrogen-bond acceptors (Lipinski definition) is 4. The molecule has 0 aromatic carbocycles. The third-order valence-electron chi connectivity index (χ3n) is 3.91. The lowest BCUT2D eigenvalue weighted by atomic mass is 9.75. The highest BCUT2D eigenvalue weighted by Crippen LogP contribution is 2.36. The van der Waals surface area contributed by atoms with Crippen molar-refractivity contribution in [3.05, 3.63) is 0 Å². The smallest absolute Gasteiger partial charge is 0.0674 e. The second kappa shape index (κ2) is 5.96. The number of aliphatic hydroxyl groups excluding tert-OH is 1. The van der Waals surface area contributed by atoms with Crippen LogP contribution in [0.2, 0.25) is 0 Å². The van der Waals surface area contributed by atoms with Crippen molar-refractivity contribution in [1.29, 1.82) is 0 Å². The first-order valence-corrected chi connectivity index (χ1v) is 6.24. The van der Waals surface area contributed by atoms with E-state index in [1.54, 1.807) is 0 Å². The van der Waals surface area contributed by atoms with Crippen molar-refractivity contribution in [2.75, 3.05) is 40.8 Å². The maximum atomic E-state index is 9.42. The molecule has 1 fully saturated rings. The fourth-order valence-electron chi connectivity index (χ4n) is 2.40. The molecule has 3 N–H and O–H groups in total. The second-order valence-corrected chi connectivity index (χ2v) is 5.39. The summed E-state index contributed by atoms with van der Waals surface area (Å²) in [5, 5.41) is 9.42. The average molecular weight is 229 g/mol. The Morgan fingerprint density at radius 2 is 1.94 bits per heavy atom. The Hall–Kier alpha value is -0.160. The van der Waals surface area contributed by atoms with Crippen LogP contribution in [0.3, 0.4) is 0 Å². The van der Waals surface area contributed by atoms with Gasteiger partial charge >= 0.3 is 0 Å². The van der Waals surface area contributed by atoms with Crippen LogP contribution in [0.4, 0.5) is 0 Å². The molecule has 0 aromatic heterocycles. The largest absolute Gasteiger partial charge is 0.392 e. The van der Waals surface area contributed by atoms with E-state index in [4.69, 9.17) is 5.73 Å². The van der Waals surface area contributed by atoms with E-state index >= 15 is 0 Å². The quantitative estimate of drug-likeness (QED) is 0.651. The van der Waals surface area contributed by atoms with Crippen LogP contribution in [0.1, 0.15) is 25.7 Å². The summed E-state index contributed by atoms with van der Waals surface area (Å²) in [7, 11) is 6.47. The molecule has 0 aromatic rings. The molecule has 4 nitrogen and oxygen atoms in total. The van der Waals surface area contributed by atoms with Gasteiger partial charge in [0.2, 0.25) is 0 Å². The summed E-state index contributed by atoms with van der Waals surface area (Å²) in [6.07, 6.45) is 4.36. The Bertz CT molecular complexity index is 204. The van der Waals surface area contributed by atoms with Crippen molar-refractivity contribution < 1.29 is 5.11 Å². The summed E-state index contributed by atoms with van der Waals surface area (Å²) < 4.78 is 0. The molecule has 1 saturated carbocycles. The fraction of sp³-hybridized carbons (Fsp3) is 1.00. The van der Waals surface area contributed by atoms with E-state index in [2.05, 4.69) is 30.9 Å². The molecule has 0 aliphatic heterocycles. The van der Waals surface area contributed by atoms with Gasteiger partial charge in [-0.05, 0) is 46.8 Å². The first-order valence-electron chi connectivity index (χ1n) is 6.24. The zero-order chi connectivity index (χ0) is 12.2. The summed E-state index contributed by atoms with van der Waals surface area (Å²) in [5.74, 6) is 0. The third-order valence-corrected chi connectivity index (χ3v) is 3.91. The molecule has 1 unspecified atom stereocenters. The molecule has 0 spiro atoms. The van der Waals surface area contributed by atoms with Crippen LogP contribution in [0, 0.1) is 0 Å². The monoisotopic (exact) mass is 229 g/mol. The molecule has 1 aliphatic rings. The van der Waals surface area contributed by atoms with Crippen LogP contribution in [-0.2, 0) is 0 Å². The maximum absolute atomic E-state index is 9.42. The van der Waals surface area contributed by atoms with Crippen LogP contribution in [-0.4, -0.2) is 67.3 Å². The number of aliphatic hydroxyl groups is 1. The zero-order valence-electron chi connectivity index (χ0n) is 10.9. The molecule has 1 atom stereocenters. The summed E-state index contributed by atoms with van der Waals surface area (Å²) in [6.45, 7) is 2.39. The van der Waals surface area contributed by atoms with E-state index < -0.39 is 0 Å². The van der Waals surface area contributed by atoms with Gasteiger partial charge in [-0.2, -0.15) is 0 Å². The van der Waals surface area contributed by atoms with Crippen molar-refractivity contribution in [3.8, 4) is 0 Å². The fourth-order valence-corrected chi connectivity index (χ4v) is 2.40. The first kappa shape index (κ1) is 13.9. The molecule has 0 amide bonds. The first-order chi connectivity index (χ1) is 7.50. The van der Waals surface area contributed by atoms with Crippen LogP contribution in [0.5, 0.6) is 0 Å².